The van der Waals surface area contributed by atoms with Crippen LogP contribution < -0.4 is 5.32 Å². The van der Waals surface area contributed by atoms with Crippen molar-refractivity contribution in [3.05, 3.63) is 59.7 Å². The average Bonchev–Trinajstić information content (AvgIpc) is 2.47. The zero-order chi connectivity index (χ0) is 14.5. The number of hydrogen-bond donors (Lipinski definition) is 1. The average molecular weight is 281 g/mol. The van der Waals surface area contributed by atoms with Gasteiger partial charge in [0, 0.05) is 6.20 Å². The summed E-state index contributed by atoms with van der Waals surface area (Å²) in [5.74, 6) is 0.766. The molecule has 1 aliphatic carbocycles. The molecule has 110 valence electrons. The van der Waals surface area contributed by atoms with Crippen LogP contribution >= 0.6 is 0 Å². The summed E-state index contributed by atoms with van der Waals surface area (Å²) in [6.07, 6.45) is 8.61. The normalized spacial score (nSPS) is 16.4. The van der Waals surface area contributed by atoms with Crippen LogP contribution in [0.3, 0.4) is 0 Å². The fourth-order valence-corrected chi connectivity index (χ4v) is 2.89. The number of benzene rings is 1. The molecule has 1 atom stereocenters. The Bertz CT molecular complexity index is 564. The van der Waals surface area contributed by atoms with Crippen molar-refractivity contribution < 1.29 is 0 Å². The SMILES string of the molecule is CCCNC(c1cccc(C2CCC2)c1)c1ccncn1. The molecule has 3 heteroatoms. The maximum atomic E-state index is 4.44. The molecule has 2 aromatic rings. The van der Waals surface area contributed by atoms with E-state index >= 15 is 0 Å². The molecule has 1 heterocycles. The van der Waals surface area contributed by atoms with Gasteiger partial charge < -0.3 is 5.32 Å². The molecular weight excluding hydrogens is 258 g/mol. The molecule has 1 aliphatic rings. The molecule has 21 heavy (non-hydrogen) atoms. The van der Waals surface area contributed by atoms with Gasteiger partial charge in [-0.2, -0.15) is 0 Å². The van der Waals surface area contributed by atoms with E-state index in [-0.39, 0.29) is 6.04 Å². The van der Waals surface area contributed by atoms with Crippen LogP contribution in [0.4, 0.5) is 0 Å². The van der Waals surface area contributed by atoms with Crippen LogP contribution in [0.2, 0.25) is 0 Å². The fraction of sp³-hybridized carbons (Fsp3) is 0.444. The summed E-state index contributed by atoms with van der Waals surface area (Å²) in [4.78, 5) is 8.47. The molecule has 0 saturated heterocycles. The van der Waals surface area contributed by atoms with Crippen molar-refractivity contribution in [3.8, 4) is 0 Å². The highest BCUT2D eigenvalue weighted by molar-refractivity contribution is 5.33. The van der Waals surface area contributed by atoms with Gasteiger partial charge in [0.25, 0.3) is 0 Å². The van der Waals surface area contributed by atoms with E-state index in [1.807, 2.05) is 12.3 Å². The van der Waals surface area contributed by atoms with Gasteiger partial charge in [-0.3, -0.25) is 0 Å². The first kappa shape index (κ1) is 14.2. The van der Waals surface area contributed by atoms with Crippen LogP contribution in [0, 0.1) is 0 Å². The second kappa shape index (κ2) is 6.81. The molecular formula is C18H23N3. The smallest absolute Gasteiger partial charge is 0.115 e. The van der Waals surface area contributed by atoms with Crippen LogP contribution in [0.1, 0.15) is 61.4 Å². The van der Waals surface area contributed by atoms with E-state index in [1.165, 1.54) is 30.4 Å². The predicted octanol–water partition coefficient (Wildman–Crippen LogP) is 3.83. The van der Waals surface area contributed by atoms with E-state index in [9.17, 15) is 0 Å². The van der Waals surface area contributed by atoms with Crippen molar-refractivity contribution in [3.63, 3.8) is 0 Å². The number of nitrogens with one attached hydrogen (secondary N) is 1. The zero-order valence-corrected chi connectivity index (χ0v) is 12.6. The molecule has 0 aliphatic heterocycles. The molecule has 0 radical (unpaired) electrons. The van der Waals surface area contributed by atoms with Gasteiger partial charge in [0.05, 0.1) is 11.7 Å². The van der Waals surface area contributed by atoms with Crippen molar-refractivity contribution in [2.45, 2.75) is 44.6 Å². The van der Waals surface area contributed by atoms with E-state index in [0.29, 0.717) is 0 Å². The highest BCUT2D eigenvalue weighted by Gasteiger charge is 2.21. The second-order valence-electron chi connectivity index (χ2n) is 5.82. The molecule has 1 fully saturated rings. The van der Waals surface area contributed by atoms with Gasteiger partial charge in [0.15, 0.2) is 0 Å². The first-order valence-corrected chi connectivity index (χ1v) is 7.97. The Balaban J connectivity index is 1.88. The summed E-state index contributed by atoms with van der Waals surface area (Å²) in [6.45, 7) is 3.18. The topological polar surface area (TPSA) is 37.8 Å². The summed E-state index contributed by atoms with van der Waals surface area (Å²) >= 11 is 0. The van der Waals surface area contributed by atoms with E-state index in [0.717, 1.165) is 24.6 Å². The molecule has 3 rings (SSSR count). The highest BCUT2D eigenvalue weighted by Crippen LogP contribution is 2.37. The lowest BCUT2D eigenvalue weighted by molar-refractivity contribution is 0.419. The van der Waals surface area contributed by atoms with Gasteiger partial charge in [0.2, 0.25) is 0 Å². The van der Waals surface area contributed by atoms with Crippen molar-refractivity contribution in [2.75, 3.05) is 6.54 Å². The van der Waals surface area contributed by atoms with Gasteiger partial charge in [-0.15, -0.1) is 0 Å². The minimum Gasteiger partial charge on any atom is -0.305 e. The molecule has 1 aromatic carbocycles. The highest BCUT2D eigenvalue weighted by atomic mass is 14.9. The lowest BCUT2D eigenvalue weighted by Crippen LogP contribution is -2.24. The second-order valence-corrected chi connectivity index (χ2v) is 5.82. The Kier molecular flexibility index (Phi) is 4.61. The van der Waals surface area contributed by atoms with Crippen molar-refractivity contribution >= 4 is 0 Å². The third-order valence-corrected chi connectivity index (χ3v) is 4.32. The van der Waals surface area contributed by atoms with Crippen molar-refractivity contribution in [1.82, 2.24) is 15.3 Å². The van der Waals surface area contributed by atoms with E-state index in [4.69, 9.17) is 0 Å². The Morgan fingerprint density at radius 3 is 2.86 bits per heavy atom. The van der Waals surface area contributed by atoms with Crippen LogP contribution in [-0.4, -0.2) is 16.5 Å². The first-order chi connectivity index (χ1) is 10.4. The minimum atomic E-state index is 0.160. The Morgan fingerprint density at radius 2 is 2.19 bits per heavy atom. The predicted molar refractivity (Wildman–Crippen MR) is 85.2 cm³/mol. The molecule has 1 N–H and O–H groups in total. The standard InChI is InChI=1S/C18H23N3/c1-2-10-20-18(17-9-11-19-13-21-17)16-8-4-7-15(12-16)14-5-3-6-14/h4,7-9,11-14,18,20H,2-3,5-6,10H2,1H3. The number of aromatic nitrogens is 2. The maximum absolute atomic E-state index is 4.44. The minimum absolute atomic E-state index is 0.160. The molecule has 1 saturated carbocycles. The van der Waals surface area contributed by atoms with Gasteiger partial charge in [-0.05, 0) is 48.9 Å². The van der Waals surface area contributed by atoms with E-state index in [2.05, 4.69) is 46.5 Å². The summed E-state index contributed by atoms with van der Waals surface area (Å²) in [5.41, 5.74) is 3.84. The fourth-order valence-electron chi connectivity index (χ4n) is 2.89. The summed E-state index contributed by atoms with van der Waals surface area (Å²) < 4.78 is 0. The van der Waals surface area contributed by atoms with Crippen LogP contribution in [0.5, 0.6) is 0 Å². The monoisotopic (exact) mass is 281 g/mol. The van der Waals surface area contributed by atoms with Crippen LogP contribution in [-0.2, 0) is 0 Å². The van der Waals surface area contributed by atoms with Crippen LogP contribution in [0.15, 0.2) is 42.9 Å². The zero-order valence-electron chi connectivity index (χ0n) is 12.6. The van der Waals surface area contributed by atoms with Crippen molar-refractivity contribution in [2.24, 2.45) is 0 Å². The Labute approximate surface area is 126 Å². The summed E-state index contributed by atoms with van der Waals surface area (Å²) in [7, 11) is 0. The molecule has 0 amide bonds. The number of hydrogen-bond acceptors (Lipinski definition) is 3. The third kappa shape index (κ3) is 3.30. The van der Waals surface area contributed by atoms with Gasteiger partial charge >= 0.3 is 0 Å². The summed E-state index contributed by atoms with van der Waals surface area (Å²) in [5, 5.41) is 3.61. The molecule has 1 unspecified atom stereocenters. The molecule has 3 nitrogen and oxygen atoms in total. The Hall–Kier alpha value is -1.74. The van der Waals surface area contributed by atoms with Gasteiger partial charge in [-0.25, -0.2) is 9.97 Å². The number of rotatable bonds is 6. The quantitative estimate of drug-likeness (QED) is 0.874. The molecule has 1 aromatic heterocycles. The first-order valence-electron chi connectivity index (χ1n) is 7.97. The van der Waals surface area contributed by atoms with E-state index in [1.54, 1.807) is 6.33 Å². The molecule has 0 spiro atoms. The van der Waals surface area contributed by atoms with Crippen LogP contribution in [0.25, 0.3) is 0 Å². The van der Waals surface area contributed by atoms with E-state index < -0.39 is 0 Å². The third-order valence-electron chi connectivity index (χ3n) is 4.32. The maximum Gasteiger partial charge on any atom is 0.115 e. The van der Waals surface area contributed by atoms with Crippen molar-refractivity contribution in [1.29, 1.82) is 0 Å². The lowest BCUT2D eigenvalue weighted by atomic mass is 9.79. The summed E-state index contributed by atoms with van der Waals surface area (Å²) in [6, 6.07) is 11.2. The number of nitrogens with zero attached hydrogens (tertiary/aromatic N) is 2. The lowest BCUT2D eigenvalue weighted by Gasteiger charge is -2.27. The molecule has 0 bridgehead atoms. The van der Waals surface area contributed by atoms with Gasteiger partial charge in [-0.1, -0.05) is 37.6 Å². The largest absolute Gasteiger partial charge is 0.305 e. The Morgan fingerprint density at radius 1 is 1.29 bits per heavy atom. The van der Waals surface area contributed by atoms with Gasteiger partial charge in [0.1, 0.15) is 6.33 Å².